The minimum Gasteiger partial charge on any atom is -0.468 e. The van der Waals surface area contributed by atoms with E-state index in [4.69, 9.17) is 4.74 Å². The highest BCUT2D eigenvalue weighted by Crippen LogP contribution is 2.20. The summed E-state index contributed by atoms with van der Waals surface area (Å²) in [4.78, 5) is 37.4. The van der Waals surface area contributed by atoms with Crippen molar-refractivity contribution in [3.63, 3.8) is 0 Å². The maximum atomic E-state index is 12.2. The van der Waals surface area contributed by atoms with Gasteiger partial charge in [0.1, 0.15) is 5.25 Å². The molecular weight excluding hydrogens is 396 g/mol. The first-order chi connectivity index (χ1) is 11.5. The molecular formula is C16H19BrN2O4S. The van der Waals surface area contributed by atoms with Crippen LogP contribution in [0.15, 0.2) is 28.7 Å². The molecule has 1 fully saturated rings. The number of carbonyl (C=O) groups excluding carboxylic acids is 3. The number of nitrogens with zero attached hydrogens (tertiary/aromatic N) is 1. The van der Waals surface area contributed by atoms with Crippen LogP contribution in [0.5, 0.6) is 0 Å². The number of benzene rings is 1. The van der Waals surface area contributed by atoms with Crippen molar-refractivity contribution in [2.24, 2.45) is 0 Å². The van der Waals surface area contributed by atoms with Crippen LogP contribution in [0.2, 0.25) is 0 Å². The van der Waals surface area contributed by atoms with Crippen molar-refractivity contribution in [2.75, 3.05) is 32.5 Å². The summed E-state index contributed by atoms with van der Waals surface area (Å²) >= 11 is 4.82. The van der Waals surface area contributed by atoms with Crippen molar-refractivity contribution < 1.29 is 19.1 Å². The molecule has 0 aliphatic carbocycles. The average molecular weight is 415 g/mol. The zero-order valence-corrected chi connectivity index (χ0v) is 15.7. The maximum Gasteiger partial charge on any atom is 0.320 e. The van der Waals surface area contributed by atoms with Gasteiger partial charge in [0, 0.05) is 41.8 Å². The van der Waals surface area contributed by atoms with E-state index in [9.17, 15) is 14.4 Å². The standard InChI is InChI=1S/C16H19BrN2O4S/c1-23-16(22)13-10-19(8-9-24-13)14(20)6-7-18-15(21)11-2-4-12(17)5-3-11/h2-5,13H,6-10H2,1H3,(H,18,21)/t13-/m0/s1. The summed E-state index contributed by atoms with van der Waals surface area (Å²) in [5.74, 6) is 0.120. The summed E-state index contributed by atoms with van der Waals surface area (Å²) in [7, 11) is 1.35. The molecule has 1 heterocycles. The first kappa shape index (κ1) is 18.8. The molecule has 1 aromatic rings. The van der Waals surface area contributed by atoms with Crippen molar-refractivity contribution in [1.82, 2.24) is 10.2 Å². The number of carbonyl (C=O) groups is 3. The average Bonchev–Trinajstić information content (AvgIpc) is 2.61. The second-order valence-electron chi connectivity index (χ2n) is 5.24. The molecule has 1 aromatic carbocycles. The van der Waals surface area contributed by atoms with Crippen LogP contribution in [0.25, 0.3) is 0 Å². The minimum atomic E-state index is -0.329. The van der Waals surface area contributed by atoms with E-state index in [2.05, 4.69) is 21.2 Å². The highest BCUT2D eigenvalue weighted by Gasteiger charge is 2.29. The Bertz CT molecular complexity index is 609. The van der Waals surface area contributed by atoms with Crippen molar-refractivity contribution in [2.45, 2.75) is 11.7 Å². The summed E-state index contributed by atoms with van der Waals surface area (Å²) in [6.45, 7) is 1.23. The van der Waals surface area contributed by atoms with E-state index in [1.165, 1.54) is 18.9 Å². The largest absolute Gasteiger partial charge is 0.468 e. The molecule has 1 aliphatic heterocycles. The number of nitrogens with one attached hydrogen (secondary N) is 1. The predicted molar refractivity (Wildman–Crippen MR) is 95.9 cm³/mol. The van der Waals surface area contributed by atoms with Gasteiger partial charge in [-0.25, -0.2) is 0 Å². The van der Waals surface area contributed by atoms with E-state index < -0.39 is 0 Å². The number of hydrogen-bond donors (Lipinski definition) is 1. The van der Waals surface area contributed by atoms with E-state index in [0.717, 1.165) is 4.47 Å². The molecule has 0 unspecified atom stereocenters. The van der Waals surface area contributed by atoms with Gasteiger partial charge in [-0.2, -0.15) is 0 Å². The van der Waals surface area contributed by atoms with Gasteiger partial charge in [-0.15, -0.1) is 11.8 Å². The fourth-order valence-corrected chi connectivity index (χ4v) is 3.69. The summed E-state index contributed by atoms with van der Waals surface area (Å²) in [5.41, 5.74) is 0.547. The molecule has 6 nitrogen and oxygen atoms in total. The van der Waals surface area contributed by atoms with Gasteiger partial charge in [0.2, 0.25) is 5.91 Å². The first-order valence-electron chi connectivity index (χ1n) is 7.52. The number of esters is 1. The molecule has 2 rings (SSSR count). The van der Waals surface area contributed by atoms with Gasteiger partial charge in [-0.3, -0.25) is 14.4 Å². The van der Waals surface area contributed by atoms with Crippen LogP contribution in [0.4, 0.5) is 0 Å². The van der Waals surface area contributed by atoms with Crippen LogP contribution in [-0.2, 0) is 14.3 Å². The molecule has 0 aromatic heterocycles. The Labute approximate surface area is 153 Å². The number of hydrogen-bond acceptors (Lipinski definition) is 5. The van der Waals surface area contributed by atoms with Crippen LogP contribution in [0.1, 0.15) is 16.8 Å². The van der Waals surface area contributed by atoms with Gasteiger partial charge < -0.3 is 15.0 Å². The lowest BCUT2D eigenvalue weighted by Gasteiger charge is -2.31. The summed E-state index contributed by atoms with van der Waals surface area (Å²) in [5, 5.41) is 2.41. The molecule has 2 amide bonds. The quantitative estimate of drug-likeness (QED) is 0.741. The molecule has 130 valence electrons. The zero-order valence-electron chi connectivity index (χ0n) is 13.3. The lowest BCUT2D eigenvalue weighted by molar-refractivity contribution is -0.141. The Balaban J connectivity index is 1.77. The van der Waals surface area contributed by atoms with E-state index in [-0.39, 0.29) is 36.0 Å². The lowest BCUT2D eigenvalue weighted by atomic mass is 10.2. The number of halogens is 1. The monoisotopic (exact) mass is 414 g/mol. The van der Waals surface area contributed by atoms with Gasteiger partial charge >= 0.3 is 5.97 Å². The molecule has 0 spiro atoms. The Kier molecular flexibility index (Phi) is 7.11. The Morgan fingerprint density at radius 1 is 1.33 bits per heavy atom. The van der Waals surface area contributed by atoms with Gasteiger partial charge in [0.15, 0.2) is 0 Å². The van der Waals surface area contributed by atoms with Crippen molar-refractivity contribution in [3.05, 3.63) is 34.3 Å². The van der Waals surface area contributed by atoms with Crippen LogP contribution in [0, 0.1) is 0 Å². The molecule has 0 radical (unpaired) electrons. The number of methoxy groups -OCH3 is 1. The molecule has 1 saturated heterocycles. The van der Waals surface area contributed by atoms with Gasteiger partial charge in [-0.05, 0) is 24.3 Å². The van der Waals surface area contributed by atoms with Crippen LogP contribution in [-0.4, -0.2) is 60.4 Å². The topological polar surface area (TPSA) is 75.7 Å². The third kappa shape index (κ3) is 5.24. The Morgan fingerprint density at radius 2 is 2.04 bits per heavy atom. The number of rotatable bonds is 5. The smallest absolute Gasteiger partial charge is 0.320 e. The first-order valence-corrected chi connectivity index (χ1v) is 9.36. The van der Waals surface area contributed by atoms with Crippen LogP contribution < -0.4 is 5.32 Å². The van der Waals surface area contributed by atoms with Crippen molar-refractivity contribution >= 4 is 45.5 Å². The normalized spacial score (nSPS) is 17.2. The van der Waals surface area contributed by atoms with E-state index in [1.54, 1.807) is 29.2 Å². The van der Waals surface area contributed by atoms with Crippen LogP contribution in [0.3, 0.4) is 0 Å². The molecule has 0 saturated carbocycles. The number of thioether (sulfide) groups is 1. The number of ether oxygens (including phenoxy) is 1. The SMILES string of the molecule is COC(=O)[C@@H]1CN(C(=O)CCNC(=O)c2ccc(Br)cc2)CCS1. The maximum absolute atomic E-state index is 12.2. The molecule has 0 bridgehead atoms. The molecule has 1 atom stereocenters. The van der Waals surface area contributed by atoms with Crippen molar-refractivity contribution in [3.8, 4) is 0 Å². The summed E-state index contributed by atoms with van der Waals surface area (Å²) in [6.07, 6.45) is 0.209. The highest BCUT2D eigenvalue weighted by atomic mass is 79.9. The third-order valence-electron chi connectivity index (χ3n) is 3.61. The molecule has 8 heteroatoms. The zero-order chi connectivity index (χ0) is 17.5. The molecule has 1 aliphatic rings. The van der Waals surface area contributed by atoms with Gasteiger partial charge in [0.25, 0.3) is 5.91 Å². The molecule has 1 N–H and O–H groups in total. The fourth-order valence-electron chi connectivity index (χ4n) is 2.29. The lowest BCUT2D eigenvalue weighted by Crippen LogP contribution is -2.45. The Hall–Kier alpha value is -1.54. The number of amides is 2. The van der Waals surface area contributed by atoms with Gasteiger partial charge in [-0.1, -0.05) is 15.9 Å². The minimum absolute atomic E-state index is 0.0692. The van der Waals surface area contributed by atoms with E-state index >= 15 is 0 Å². The van der Waals surface area contributed by atoms with Crippen molar-refractivity contribution in [1.29, 1.82) is 0 Å². The third-order valence-corrected chi connectivity index (χ3v) is 5.30. The van der Waals surface area contributed by atoms with E-state index in [1.807, 2.05) is 0 Å². The second-order valence-corrected chi connectivity index (χ2v) is 7.46. The van der Waals surface area contributed by atoms with Gasteiger partial charge in [0.05, 0.1) is 7.11 Å². The van der Waals surface area contributed by atoms with E-state index in [0.29, 0.717) is 24.4 Å². The summed E-state index contributed by atoms with van der Waals surface area (Å²) < 4.78 is 5.63. The second kappa shape index (κ2) is 9.08. The van der Waals surface area contributed by atoms with Crippen LogP contribution >= 0.6 is 27.7 Å². The predicted octanol–water partition coefficient (Wildman–Crippen LogP) is 1.69. The molecule has 24 heavy (non-hydrogen) atoms. The Morgan fingerprint density at radius 3 is 2.71 bits per heavy atom. The fraction of sp³-hybridized carbons (Fsp3) is 0.438. The summed E-state index contributed by atoms with van der Waals surface area (Å²) in [6, 6.07) is 7.00. The highest BCUT2D eigenvalue weighted by molar-refractivity contribution is 9.10.